The van der Waals surface area contributed by atoms with Gasteiger partial charge in [-0.3, -0.25) is 4.98 Å². The molecule has 4 aromatic rings. The van der Waals surface area contributed by atoms with E-state index in [4.69, 9.17) is 0 Å². The number of alkyl halides is 3. The summed E-state index contributed by atoms with van der Waals surface area (Å²) in [6, 6.07) is 14.4. The maximum atomic E-state index is 12.9. The molecule has 5 rings (SSSR count). The molecule has 184 valence electrons. The van der Waals surface area contributed by atoms with Crippen molar-refractivity contribution in [1.29, 1.82) is 0 Å². The molecule has 0 atom stereocenters. The molecule has 1 aliphatic carbocycles. The summed E-state index contributed by atoms with van der Waals surface area (Å²) in [5, 5.41) is 11.6. The lowest BCUT2D eigenvalue weighted by molar-refractivity contribution is -0.137. The van der Waals surface area contributed by atoms with E-state index in [1.54, 1.807) is 18.2 Å². The number of benzene rings is 2. The van der Waals surface area contributed by atoms with Crippen molar-refractivity contribution in [1.82, 2.24) is 15.0 Å². The molecule has 36 heavy (non-hydrogen) atoms. The average Bonchev–Trinajstić information content (AvgIpc) is 3.68. The molecule has 0 unspecified atom stereocenters. The Balaban J connectivity index is 1.25. The molecule has 10 heteroatoms. The van der Waals surface area contributed by atoms with E-state index in [-0.39, 0.29) is 0 Å². The fraction of sp³-hybridized carbons (Fsp3) is 0.231. The molecule has 2 heterocycles. The second-order valence-corrected chi connectivity index (χ2v) is 8.70. The third-order valence-corrected chi connectivity index (χ3v) is 5.82. The standard InChI is InChI=1S/C26H24F3N7/c1-16-22-6-3-7-23(31-13-17-8-9-17)24(22)35-25(33-16)36-32-15-20-10-11-21(14-30-20)34-19-5-2-4-18(12-19)26(27,28)29/h2-7,10-12,14-15,17,31,34H,8-9,13H2,1H3,(H,33,35,36)/b32-15+. The number of nitrogens with one attached hydrogen (secondary N) is 3. The second kappa shape index (κ2) is 9.80. The lowest BCUT2D eigenvalue weighted by Crippen LogP contribution is -2.06. The van der Waals surface area contributed by atoms with Crippen LogP contribution < -0.4 is 16.1 Å². The largest absolute Gasteiger partial charge is 0.416 e. The van der Waals surface area contributed by atoms with E-state index in [2.05, 4.69) is 36.1 Å². The number of nitrogens with zero attached hydrogens (tertiary/aromatic N) is 4. The van der Waals surface area contributed by atoms with Gasteiger partial charge in [-0.2, -0.15) is 18.3 Å². The van der Waals surface area contributed by atoms with Gasteiger partial charge in [0.2, 0.25) is 5.95 Å². The topological polar surface area (TPSA) is 87.1 Å². The zero-order valence-corrected chi connectivity index (χ0v) is 19.5. The van der Waals surface area contributed by atoms with Gasteiger partial charge in [-0.1, -0.05) is 18.2 Å². The average molecular weight is 492 g/mol. The molecule has 2 aromatic heterocycles. The minimum absolute atomic E-state index is 0.324. The van der Waals surface area contributed by atoms with Crippen molar-refractivity contribution in [3.8, 4) is 0 Å². The van der Waals surface area contributed by atoms with Crippen LogP contribution >= 0.6 is 0 Å². The van der Waals surface area contributed by atoms with Crippen molar-refractivity contribution in [3.05, 3.63) is 77.7 Å². The Labute approximate surface area is 205 Å². The molecule has 0 saturated heterocycles. The fourth-order valence-electron chi connectivity index (χ4n) is 3.73. The molecule has 1 aliphatic rings. The quantitative estimate of drug-likeness (QED) is 0.196. The molecule has 2 aromatic carbocycles. The molecule has 0 bridgehead atoms. The number of hydrogen-bond donors (Lipinski definition) is 3. The Kier molecular flexibility index (Phi) is 6.41. The summed E-state index contributed by atoms with van der Waals surface area (Å²) in [6.45, 7) is 2.87. The smallest absolute Gasteiger partial charge is 0.383 e. The number of rotatable bonds is 8. The first-order valence-electron chi connectivity index (χ1n) is 11.6. The lowest BCUT2D eigenvalue weighted by atomic mass is 10.1. The van der Waals surface area contributed by atoms with E-state index in [1.165, 1.54) is 31.3 Å². The van der Waals surface area contributed by atoms with Crippen LogP contribution in [0.25, 0.3) is 10.9 Å². The van der Waals surface area contributed by atoms with E-state index in [0.717, 1.165) is 46.9 Å². The summed E-state index contributed by atoms with van der Waals surface area (Å²) in [4.78, 5) is 13.4. The molecule has 0 aliphatic heterocycles. The van der Waals surface area contributed by atoms with Gasteiger partial charge in [0.1, 0.15) is 0 Å². The molecule has 0 amide bonds. The molecular weight excluding hydrogens is 467 g/mol. The van der Waals surface area contributed by atoms with Crippen molar-refractivity contribution in [2.75, 3.05) is 22.6 Å². The number of anilines is 4. The zero-order valence-electron chi connectivity index (χ0n) is 19.5. The Bertz CT molecular complexity index is 1400. The van der Waals surface area contributed by atoms with Gasteiger partial charge >= 0.3 is 6.18 Å². The Hall–Kier alpha value is -4.21. The van der Waals surface area contributed by atoms with Crippen LogP contribution in [0.3, 0.4) is 0 Å². The van der Waals surface area contributed by atoms with Gasteiger partial charge in [-0.05, 0) is 62.1 Å². The zero-order chi connectivity index (χ0) is 25.1. The lowest BCUT2D eigenvalue weighted by Gasteiger charge is -2.11. The highest BCUT2D eigenvalue weighted by Crippen LogP contribution is 2.32. The number of pyridine rings is 1. The summed E-state index contributed by atoms with van der Waals surface area (Å²) < 4.78 is 38.7. The predicted octanol–water partition coefficient (Wildman–Crippen LogP) is 6.36. The van der Waals surface area contributed by atoms with Gasteiger partial charge in [0, 0.05) is 17.6 Å². The monoisotopic (exact) mass is 491 g/mol. The number of hydrogen-bond acceptors (Lipinski definition) is 7. The first-order valence-corrected chi connectivity index (χ1v) is 11.6. The van der Waals surface area contributed by atoms with Crippen molar-refractivity contribution >= 4 is 40.1 Å². The van der Waals surface area contributed by atoms with E-state index < -0.39 is 11.7 Å². The number of hydrazone groups is 1. The van der Waals surface area contributed by atoms with Crippen molar-refractivity contribution in [3.63, 3.8) is 0 Å². The fourth-order valence-corrected chi connectivity index (χ4v) is 3.73. The highest BCUT2D eigenvalue weighted by molar-refractivity contribution is 5.92. The van der Waals surface area contributed by atoms with Crippen LogP contribution in [0.15, 0.2) is 65.9 Å². The van der Waals surface area contributed by atoms with E-state index in [1.807, 2.05) is 25.1 Å². The number of fused-ring (bicyclic) bond motifs is 1. The minimum atomic E-state index is -4.40. The normalized spacial score (nSPS) is 13.8. The number of aromatic nitrogens is 3. The molecule has 3 N–H and O–H groups in total. The first kappa shape index (κ1) is 23.5. The summed E-state index contributed by atoms with van der Waals surface area (Å²) in [5.41, 5.74) is 6.24. The van der Waals surface area contributed by atoms with Gasteiger partial charge in [0.05, 0.1) is 46.3 Å². The molecular formula is C26H24F3N7. The van der Waals surface area contributed by atoms with Crippen LogP contribution in [0.4, 0.5) is 36.2 Å². The Morgan fingerprint density at radius 2 is 1.86 bits per heavy atom. The van der Waals surface area contributed by atoms with Gasteiger partial charge in [-0.25, -0.2) is 15.4 Å². The number of halogens is 3. The van der Waals surface area contributed by atoms with Crippen LogP contribution in [-0.4, -0.2) is 27.7 Å². The van der Waals surface area contributed by atoms with Crippen LogP contribution in [0.2, 0.25) is 0 Å². The second-order valence-electron chi connectivity index (χ2n) is 8.70. The predicted molar refractivity (Wildman–Crippen MR) is 136 cm³/mol. The summed E-state index contributed by atoms with van der Waals surface area (Å²) >= 11 is 0. The van der Waals surface area contributed by atoms with Crippen LogP contribution in [0.1, 0.15) is 29.8 Å². The Morgan fingerprint density at radius 1 is 1.03 bits per heavy atom. The first-order chi connectivity index (χ1) is 17.3. The SMILES string of the molecule is Cc1nc(N/N=C/c2ccc(Nc3cccc(C(F)(F)F)c3)cn2)nc2c(NCC3CC3)cccc12. The highest BCUT2D eigenvalue weighted by atomic mass is 19.4. The maximum absolute atomic E-state index is 12.9. The Morgan fingerprint density at radius 3 is 2.61 bits per heavy atom. The number of aryl methyl sites for hydroxylation is 1. The third kappa shape index (κ3) is 5.70. The highest BCUT2D eigenvalue weighted by Gasteiger charge is 2.30. The van der Waals surface area contributed by atoms with Crippen LogP contribution in [-0.2, 0) is 6.18 Å². The van der Waals surface area contributed by atoms with Crippen LogP contribution in [0, 0.1) is 12.8 Å². The van der Waals surface area contributed by atoms with Gasteiger partial charge in [0.15, 0.2) is 0 Å². The van der Waals surface area contributed by atoms with E-state index >= 15 is 0 Å². The van der Waals surface area contributed by atoms with Crippen molar-refractivity contribution in [2.45, 2.75) is 25.9 Å². The van der Waals surface area contributed by atoms with Gasteiger partial charge in [0.25, 0.3) is 0 Å². The van der Waals surface area contributed by atoms with Crippen molar-refractivity contribution in [2.24, 2.45) is 11.0 Å². The van der Waals surface area contributed by atoms with E-state index in [0.29, 0.717) is 23.0 Å². The maximum Gasteiger partial charge on any atom is 0.416 e. The van der Waals surface area contributed by atoms with E-state index in [9.17, 15) is 13.2 Å². The molecule has 1 fully saturated rings. The third-order valence-electron chi connectivity index (χ3n) is 5.82. The summed E-state index contributed by atoms with van der Waals surface area (Å²) in [6.07, 6.45) is 1.18. The van der Waals surface area contributed by atoms with Gasteiger partial charge < -0.3 is 10.6 Å². The minimum Gasteiger partial charge on any atom is -0.383 e. The molecule has 1 saturated carbocycles. The van der Waals surface area contributed by atoms with Crippen molar-refractivity contribution < 1.29 is 13.2 Å². The molecule has 0 spiro atoms. The van der Waals surface area contributed by atoms with Crippen LogP contribution in [0.5, 0.6) is 0 Å². The molecule has 7 nitrogen and oxygen atoms in total. The molecule has 0 radical (unpaired) electrons. The summed E-state index contributed by atoms with van der Waals surface area (Å²) in [7, 11) is 0. The van der Waals surface area contributed by atoms with Gasteiger partial charge in [-0.15, -0.1) is 0 Å². The number of para-hydroxylation sites is 1. The summed E-state index contributed by atoms with van der Waals surface area (Å²) in [5.74, 6) is 1.12.